The molecule has 7 nitrogen and oxygen atoms in total. The predicted octanol–water partition coefficient (Wildman–Crippen LogP) is 1.86. The molecule has 0 radical (unpaired) electrons. The van der Waals surface area contributed by atoms with Crippen LogP contribution in [0.2, 0.25) is 0 Å². The Labute approximate surface area is 151 Å². The van der Waals surface area contributed by atoms with Crippen LogP contribution in [0.3, 0.4) is 0 Å². The van der Waals surface area contributed by atoms with Crippen LogP contribution in [0.15, 0.2) is 24.3 Å². The third kappa shape index (κ3) is 2.67. The summed E-state index contributed by atoms with van der Waals surface area (Å²) >= 11 is 0. The van der Waals surface area contributed by atoms with E-state index in [0.29, 0.717) is 31.4 Å². The van der Waals surface area contributed by atoms with E-state index in [2.05, 4.69) is 5.32 Å². The maximum absolute atomic E-state index is 12.6. The van der Waals surface area contributed by atoms with E-state index >= 15 is 0 Å². The number of anilines is 1. The Balaban J connectivity index is 1.46. The van der Waals surface area contributed by atoms with Crippen LogP contribution in [0, 0.1) is 0 Å². The van der Waals surface area contributed by atoms with Crippen molar-refractivity contribution in [2.45, 2.75) is 44.1 Å². The van der Waals surface area contributed by atoms with E-state index in [1.165, 1.54) is 0 Å². The van der Waals surface area contributed by atoms with Gasteiger partial charge in [0.25, 0.3) is 5.91 Å². The van der Waals surface area contributed by atoms with Crippen molar-refractivity contribution in [3.05, 3.63) is 29.8 Å². The molecule has 2 aliphatic heterocycles. The van der Waals surface area contributed by atoms with E-state index in [9.17, 15) is 19.2 Å². The number of amides is 4. The number of Topliss-reactive ketones (excluding diaryl/α,β-unsaturated/α-hetero) is 1. The zero-order valence-corrected chi connectivity index (χ0v) is 14.5. The summed E-state index contributed by atoms with van der Waals surface area (Å²) in [5.74, 6) is -0.485. The van der Waals surface area contributed by atoms with Crippen molar-refractivity contribution in [2.75, 3.05) is 18.0 Å². The second-order valence-corrected chi connectivity index (χ2v) is 7.23. The van der Waals surface area contributed by atoms with Gasteiger partial charge in [-0.15, -0.1) is 0 Å². The second kappa shape index (κ2) is 6.23. The number of hydrogen-bond donors (Lipinski definition) is 1. The topological polar surface area (TPSA) is 86.8 Å². The molecule has 4 amide bonds. The van der Waals surface area contributed by atoms with Crippen molar-refractivity contribution in [3.63, 3.8) is 0 Å². The van der Waals surface area contributed by atoms with Crippen molar-refractivity contribution in [2.24, 2.45) is 0 Å². The van der Waals surface area contributed by atoms with Gasteiger partial charge in [0.05, 0.1) is 6.54 Å². The summed E-state index contributed by atoms with van der Waals surface area (Å²) in [5, 5.41) is 2.78. The number of benzene rings is 1. The van der Waals surface area contributed by atoms with Gasteiger partial charge in [-0.05, 0) is 43.5 Å². The summed E-state index contributed by atoms with van der Waals surface area (Å²) in [6, 6.07) is 6.28. The summed E-state index contributed by atoms with van der Waals surface area (Å²) < 4.78 is 0. The molecule has 0 unspecified atom stereocenters. The largest absolute Gasteiger partial charge is 0.325 e. The van der Waals surface area contributed by atoms with Gasteiger partial charge >= 0.3 is 6.03 Å². The standard InChI is InChI=1S/C19H21N3O4/c23-15(12-22-17(25)19(20-18(22)26)9-1-2-10-19)13-5-7-14(8-6-13)21-11-3-4-16(21)24/h5-8H,1-4,9-12H2,(H,20,26). The van der Waals surface area contributed by atoms with Gasteiger partial charge in [0.2, 0.25) is 5.91 Å². The van der Waals surface area contributed by atoms with Crippen LogP contribution in [-0.2, 0) is 9.59 Å². The Morgan fingerprint density at radius 1 is 1.04 bits per heavy atom. The fraction of sp³-hybridized carbons (Fsp3) is 0.474. The number of ketones is 1. The maximum atomic E-state index is 12.6. The fourth-order valence-electron chi connectivity index (χ4n) is 4.12. The quantitative estimate of drug-likeness (QED) is 0.660. The molecule has 1 N–H and O–H groups in total. The molecule has 7 heteroatoms. The molecule has 1 aromatic rings. The van der Waals surface area contributed by atoms with Gasteiger partial charge < -0.3 is 10.2 Å². The van der Waals surface area contributed by atoms with Gasteiger partial charge in [0, 0.05) is 24.2 Å². The van der Waals surface area contributed by atoms with Gasteiger partial charge in [0.15, 0.2) is 5.78 Å². The van der Waals surface area contributed by atoms with Gasteiger partial charge in [0.1, 0.15) is 5.54 Å². The predicted molar refractivity (Wildman–Crippen MR) is 93.8 cm³/mol. The molecule has 2 saturated heterocycles. The van der Waals surface area contributed by atoms with E-state index in [-0.39, 0.29) is 24.1 Å². The van der Waals surface area contributed by atoms with Gasteiger partial charge in [-0.25, -0.2) is 4.79 Å². The lowest BCUT2D eigenvalue weighted by atomic mass is 9.98. The average molecular weight is 355 g/mol. The number of imide groups is 1. The number of rotatable bonds is 4. The van der Waals surface area contributed by atoms with Crippen LogP contribution in [0.5, 0.6) is 0 Å². The Hall–Kier alpha value is -2.70. The number of nitrogens with zero attached hydrogens (tertiary/aromatic N) is 2. The minimum Gasteiger partial charge on any atom is -0.323 e. The third-order valence-electron chi connectivity index (χ3n) is 5.58. The lowest BCUT2D eigenvalue weighted by Crippen LogP contribution is -2.44. The summed E-state index contributed by atoms with van der Waals surface area (Å²) in [7, 11) is 0. The Morgan fingerprint density at radius 3 is 2.35 bits per heavy atom. The minimum absolute atomic E-state index is 0.0882. The van der Waals surface area contributed by atoms with Gasteiger partial charge in [-0.2, -0.15) is 0 Å². The number of carbonyl (C=O) groups excluding carboxylic acids is 4. The highest BCUT2D eigenvalue weighted by molar-refractivity contribution is 6.11. The molecule has 1 saturated carbocycles. The first-order chi connectivity index (χ1) is 12.5. The Morgan fingerprint density at radius 2 is 1.73 bits per heavy atom. The highest BCUT2D eigenvalue weighted by Crippen LogP contribution is 2.35. The maximum Gasteiger partial charge on any atom is 0.325 e. The molecule has 3 aliphatic rings. The lowest BCUT2D eigenvalue weighted by molar-refractivity contribution is -0.130. The average Bonchev–Trinajstić information content (AvgIpc) is 3.33. The van der Waals surface area contributed by atoms with Gasteiger partial charge in [-0.1, -0.05) is 12.8 Å². The number of nitrogens with one attached hydrogen (secondary N) is 1. The first-order valence-electron chi connectivity index (χ1n) is 9.08. The molecule has 0 bridgehead atoms. The molecule has 26 heavy (non-hydrogen) atoms. The number of urea groups is 1. The van der Waals surface area contributed by atoms with E-state index in [0.717, 1.165) is 29.8 Å². The highest BCUT2D eigenvalue weighted by atomic mass is 16.2. The van der Waals surface area contributed by atoms with Crippen molar-refractivity contribution in [1.82, 2.24) is 10.2 Å². The van der Waals surface area contributed by atoms with Crippen LogP contribution < -0.4 is 10.2 Å². The lowest BCUT2D eigenvalue weighted by Gasteiger charge is -2.19. The molecule has 1 aromatic carbocycles. The molecule has 136 valence electrons. The zero-order chi connectivity index (χ0) is 18.3. The summed E-state index contributed by atoms with van der Waals surface area (Å²) in [5.41, 5.74) is 0.398. The normalized spacial score (nSPS) is 21.8. The minimum atomic E-state index is -0.794. The van der Waals surface area contributed by atoms with Crippen LogP contribution in [0.4, 0.5) is 10.5 Å². The number of hydrogen-bond acceptors (Lipinski definition) is 4. The molecular formula is C19H21N3O4. The molecule has 1 spiro atoms. The summed E-state index contributed by atoms with van der Waals surface area (Å²) in [6.07, 6.45) is 4.48. The Bertz CT molecular complexity index is 780. The van der Waals surface area contributed by atoms with Crippen LogP contribution >= 0.6 is 0 Å². The smallest absolute Gasteiger partial charge is 0.323 e. The molecule has 2 heterocycles. The van der Waals surface area contributed by atoms with Crippen LogP contribution in [0.25, 0.3) is 0 Å². The monoisotopic (exact) mass is 355 g/mol. The molecule has 1 aliphatic carbocycles. The highest BCUT2D eigenvalue weighted by Gasteiger charge is 2.52. The van der Waals surface area contributed by atoms with Crippen LogP contribution in [-0.4, -0.2) is 47.2 Å². The van der Waals surface area contributed by atoms with Crippen molar-refractivity contribution < 1.29 is 19.2 Å². The molecule has 3 fully saturated rings. The molecule has 0 atom stereocenters. The van der Waals surface area contributed by atoms with E-state index in [4.69, 9.17) is 0 Å². The van der Waals surface area contributed by atoms with Crippen molar-refractivity contribution >= 4 is 29.3 Å². The van der Waals surface area contributed by atoms with Crippen molar-refractivity contribution in [1.29, 1.82) is 0 Å². The molecular weight excluding hydrogens is 334 g/mol. The summed E-state index contributed by atoms with van der Waals surface area (Å²) in [4.78, 5) is 51.9. The van der Waals surface area contributed by atoms with Crippen LogP contribution in [0.1, 0.15) is 48.9 Å². The summed E-state index contributed by atoms with van der Waals surface area (Å²) in [6.45, 7) is 0.436. The van der Waals surface area contributed by atoms with Crippen molar-refractivity contribution in [3.8, 4) is 0 Å². The first-order valence-corrected chi connectivity index (χ1v) is 9.08. The second-order valence-electron chi connectivity index (χ2n) is 7.23. The number of carbonyl (C=O) groups is 4. The molecule has 0 aromatic heterocycles. The van der Waals surface area contributed by atoms with E-state index in [1.807, 2.05) is 0 Å². The SMILES string of the molecule is O=C(CN1C(=O)NC2(CCCC2)C1=O)c1ccc(N2CCCC2=O)cc1. The van der Waals surface area contributed by atoms with E-state index < -0.39 is 11.6 Å². The third-order valence-corrected chi connectivity index (χ3v) is 5.58. The van der Waals surface area contributed by atoms with Gasteiger partial charge in [-0.3, -0.25) is 19.3 Å². The van der Waals surface area contributed by atoms with E-state index in [1.54, 1.807) is 29.2 Å². The Kier molecular flexibility index (Phi) is 4.01. The first kappa shape index (κ1) is 16.8. The zero-order valence-electron chi connectivity index (χ0n) is 14.5. The fourth-order valence-corrected chi connectivity index (χ4v) is 4.12. The molecule has 4 rings (SSSR count).